The lowest BCUT2D eigenvalue weighted by Crippen LogP contribution is -2.39. The molecule has 1 aliphatic rings. The van der Waals surface area contributed by atoms with Gasteiger partial charge < -0.3 is 13.9 Å². The third-order valence-corrected chi connectivity index (χ3v) is 7.71. The van der Waals surface area contributed by atoms with Gasteiger partial charge in [0.2, 0.25) is 0 Å². The minimum atomic E-state index is -0.766. The van der Waals surface area contributed by atoms with Crippen molar-refractivity contribution < 1.29 is 23.6 Å². The molecule has 4 aromatic rings. The number of hydrogen-bond acceptors (Lipinski definition) is 9. The Hall–Kier alpha value is -4.48. The third-order valence-electron chi connectivity index (χ3n) is 6.41. The van der Waals surface area contributed by atoms with Crippen LogP contribution in [0.3, 0.4) is 0 Å². The zero-order chi connectivity index (χ0) is 30.1. The van der Waals surface area contributed by atoms with E-state index in [1.165, 1.54) is 16.7 Å². The molecule has 0 saturated carbocycles. The summed E-state index contributed by atoms with van der Waals surface area (Å²) in [4.78, 5) is 42.7. The molecule has 3 heterocycles. The topological polar surface area (TPSA) is 126 Å². The number of nitrogens with zero attached hydrogens (tertiary/aromatic N) is 3. The van der Waals surface area contributed by atoms with Crippen molar-refractivity contribution in [3.8, 4) is 17.1 Å². The summed E-state index contributed by atoms with van der Waals surface area (Å²) in [7, 11) is 0. The molecular formula is C30H26ClN3O7S. The van der Waals surface area contributed by atoms with E-state index < -0.39 is 16.9 Å². The number of fused-ring (bicyclic) bond motifs is 1. The molecule has 0 N–H and O–H groups in total. The highest BCUT2D eigenvalue weighted by Crippen LogP contribution is 2.33. The molecule has 0 fully saturated rings. The molecule has 1 aliphatic heterocycles. The Morgan fingerprint density at radius 2 is 1.95 bits per heavy atom. The number of nitro groups is 1. The summed E-state index contributed by atoms with van der Waals surface area (Å²) in [5.74, 6) is 0.851. The van der Waals surface area contributed by atoms with E-state index in [1.54, 1.807) is 50.3 Å². The van der Waals surface area contributed by atoms with Gasteiger partial charge in [0.25, 0.3) is 11.2 Å². The lowest BCUT2D eigenvalue weighted by Gasteiger charge is -2.25. The van der Waals surface area contributed by atoms with Crippen LogP contribution < -0.4 is 19.6 Å². The van der Waals surface area contributed by atoms with Gasteiger partial charge in [-0.05, 0) is 69.7 Å². The van der Waals surface area contributed by atoms with E-state index in [2.05, 4.69) is 4.99 Å². The molecule has 0 saturated heterocycles. The predicted octanol–water partition coefficient (Wildman–Crippen LogP) is 5.41. The molecule has 216 valence electrons. The first-order valence-electron chi connectivity index (χ1n) is 13.1. The third kappa shape index (κ3) is 5.65. The van der Waals surface area contributed by atoms with Crippen LogP contribution in [0.5, 0.6) is 5.75 Å². The minimum absolute atomic E-state index is 0.0114. The number of aromatic nitrogens is 1. The fraction of sp³-hybridized carbons (Fsp3) is 0.233. The lowest BCUT2D eigenvalue weighted by atomic mass is 9.96. The van der Waals surface area contributed by atoms with Crippen molar-refractivity contribution in [3.05, 3.63) is 112 Å². The van der Waals surface area contributed by atoms with E-state index in [9.17, 15) is 19.7 Å². The maximum absolute atomic E-state index is 13.8. The largest absolute Gasteiger partial charge is 0.491 e. The summed E-state index contributed by atoms with van der Waals surface area (Å²) in [6.07, 6.45) is 1.57. The van der Waals surface area contributed by atoms with Crippen LogP contribution in [0.25, 0.3) is 17.4 Å². The second-order valence-corrected chi connectivity index (χ2v) is 11.1. The Morgan fingerprint density at radius 3 is 2.62 bits per heavy atom. The molecule has 2 aromatic heterocycles. The molecule has 1 atom stereocenters. The molecular weight excluding hydrogens is 582 g/mol. The normalized spacial score (nSPS) is 15.0. The van der Waals surface area contributed by atoms with Crippen LogP contribution in [-0.2, 0) is 9.53 Å². The Bertz CT molecular complexity index is 1900. The number of benzene rings is 2. The molecule has 12 heteroatoms. The molecule has 0 spiro atoms. The zero-order valence-electron chi connectivity index (χ0n) is 23.1. The van der Waals surface area contributed by atoms with Gasteiger partial charge in [0.1, 0.15) is 22.3 Å². The van der Waals surface area contributed by atoms with E-state index in [0.29, 0.717) is 43.4 Å². The second-order valence-electron chi connectivity index (χ2n) is 9.66. The number of halogens is 1. The monoisotopic (exact) mass is 607 g/mol. The van der Waals surface area contributed by atoms with Crippen molar-refractivity contribution in [1.29, 1.82) is 0 Å². The van der Waals surface area contributed by atoms with E-state index >= 15 is 0 Å². The predicted molar refractivity (Wildman–Crippen MR) is 158 cm³/mol. The van der Waals surface area contributed by atoms with Gasteiger partial charge in [-0.2, -0.15) is 0 Å². The number of hydrogen-bond donors (Lipinski definition) is 0. The summed E-state index contributed by atoms with van der Waals surface area (Å²) in [5, 5.41) is 11.3. The van der Waals surface area contributed by atoms with Crippen molar-refractivity contribution in [3.63, 3.8) is 0 Å². The van der Waals surface area contributed by atoms with E-state index in [-0.39, 0.29) is 34.6 Å². The standard InChI is InChI=1S/C30H26ClN3O7S/c1-5-39-29(36)26-17(4)32-30-33(27(26)18-6-9-20(10-7-18)40-16(2)3)28(35)25(42-30)15-21-11-13-24(41-21)19-8-12-22(31)23(14-19)34(37)38/h6-16,27H,5H2,1-4H3/b25-15-/t27-/m0/s1. The van der Waals surface area contributed by atoms with E-state index in [1.807, 2.05) is 26.0 Å². The average molecular weight is 608 g/mol. The second kappa shape index (κ2) is 11.8. The fourth-order valence-electron chi connectivity index (χ4n) is 4.63. The Morgan fingerprint density at radius 1 is 1.21 bits per heavy atom. The van der Waals surface area contributed by atoms with Crippen LogP contribution in [0, 0.1) is 10.1 Å². The number of esters is 1. The van der Waals surface area contributed by atoms with Gasteiger partial charge >= 0.3 is 5.97 Å². The number of carbonyl (C=O) groups is 1. The number of thiazole rings is 1. The Kier molecular flexibility index (Phi) is 8.15. The lowest BCUT2D eigenvalue weighted by molar-refractivity contribution is -0.384. The summed E-state index contributed by atoms with van der Waals surface area (Å²) >= 11 is 7.10. The number of ether oxygens (including phenoxy) is 2. The number of carbonyl (C=O) groups excluding carboxylic acids is 1. The molecule has 0 amide bonds. The van der Waals surface area contributed by atoms with Gasteiger partial charge in [0, 0.05) is 17.7 Å². The number of allylic oxidation sites excluding steroid dienone is 1. The van der Waals surface area contributed by atoms with Crippen LogP contribution in [-0.4, -0.2) is 28.2 Å². The molecule has 0 radical (unpaired) electrons. The van der Waals surface area contributed by atoms with Crippen molar-refractivity contribution in [2.45, 2.75) is 39.8 Å². The van der Waals surface area contributed by atoms with Crippen molar-refractivity contribution in [2.75, 3.05) is 6.61 Å². The first-order valence-corrected chi connectivity index (χ1v) is 14.3. The van der Waals surface area contributed by atoms with Gasteiger partial charge in [-0.1, -0.05) is 35.1 Å². The summed E-state index contributed by atoms with van der Waals surface area (Å²) in [5.41, 5.74) is 1.29. The highest BCUT2D eigenvalue weighted by molar-refractivity contribution is 7.07. The van der Waals surface area contributed by atoms with E-state index in [4.69, 9.17) is 25.5 Å². The molecule has 0 unspecified atom stereocenters. The number of furan rings is 1. The summed E-state index contributed by atoms with van der Waals surface area (Å²) < 4.78 is 18.8. The minimum Gasteiger partial charge on any atom is -0.491 e. The summed E-state index contributed by atoms with van der Waals surface area (Å²) in [6.45, 7) is 7.47. The van der Waals surface area contributed by atoms with Crippen LogP contribution in [0.2, 0.25) is 5.02 Å². The maximum Gasteiger partial charge on any atom is 0.338 e. The molecule has 5 rings (SSSR count). The van der Waals surface area contributed by atoms with Gasteiger partial charge in [-0.15, -0.1) is 0 Å². The van der Waals surface area contributed by atoms with Gasteiger partial charge in [0.05, 0.1) is 39.5 Å². The van der Waals surface area contributed by atoms with Crippen LogP contribution in [0.1, 0.15) is 45.1 Å². The number of rotatable bonds is 8. The Balaban J connectivity index is 1.59. The first-order chi connectivity index (χ1) is 20.1. The molecule has 0 bridgehead atoms. The van der Waals surface area contributed by atoms with Crippen molar-refractivity contribution >= 4 is 40.7 Å². The van der Waals surface area contributed by atoms with Crippen LogP contribution >= 0.6 is 22.9 Å². The molecule has 42 heavy (non-hydrogen) atoms. The highest BCUT2D eigenvalue weighted by atomic mass is 35.5. The SMILES string of the molecule is CCOC(=O)C1=C(C)N=c2s/c(=C\c3ccc(-c4ccc(Cl)c([N+](=O)[O-])c4)o3)c(=O)n2[C@H]1c1ccc(OC(C)C)cc1. The average Bonchev–Trinajstić information content (AvgIpc) is 3.52. The molecule has 2 aromatic carbocycles. The van der Waals surface area contributed by atoms with Crippen molar-refractivity contribution in [2.24, 2.45) is 4.99 Å². The fourth-order valence-corrected chi connectivity index (χ4v) is 5.84. The Labute approximate surface area is 248 Å². The highest BCUT2D eigenvalue weighted by Gasteiger charge is 2.33. The van der Waals surface area contributed by atoms with Crippen molar-refractivity contribution in [1.82, 2.24) is 4.57 Å². The summed E-state index contributed by atoms with van der Waals surface area (Å²) in [6, 6.07) is 14.2. The number of nitro benzene ring substituents is 1. The van der Waals surface area contributed by atoms with Crippen LogP contribution in [0.4, 0.5) is 5.69 Å². The molecule has 0 aliphatic carbocycles. The maximum atomic E-state index is 13.8. The quantitative estimate of drug-likeness (QED) is 0.149. The van der Waals surface area contributed by atoms with E-state index in [0.717, 1.165) is 11.3 Å². The molecule has 10 nitrogen and oxygen atoms in total. The van der Waals surface area contributed by atoms with Gasteiger partial charge in [0.15, 0.2) is 4.80 Å². The van der Waals surface area contributed by atoms with Crippen LogP contribution in [0.15, 0.2) is 80.1 Å². The first kappa shape index (κ1) is 29.0. The van der Waals surface area contributed by atoms with Gasteiger partial charge in [-0.3, -0.25) is 19.5 Å². The van der Waals surface area contributed by atoms with Gasteiger partial charge in [-0.25, -0.2) is 9.79 Å². The zero-order valence-corrected chi connectivity index (χ0v) is 24.7. The smallest absolute Gasteiger partial charge is 0.338 e.